The maximum atomic E-state index is 13.3. The molecule has 0 aliphatic carbocycles. The highest BCUT2D eigenvalue weighted by atomic mass is 35.5. The number of nitrogens with two attached hydrogens (primary N) is 1. The number of methoxy groups -OCH3 is 3. The average Bonchev–Trinajstić information content (AvgIpc) is 2.79. The normalized spacial score (nSPS) is 12.3. The number of carbonyl (C=O) groups excluding carboxylic acids is 1. The predicted molar refractivity (Wildman–Crippen MR) is 125 cm³/mol. The quantitative estimate of drug-likeness (QED) is 0.483. The second-order valence-corrected chi connectivity index (χ2v) is 7.20. The average molecular weight is 442 g/mol. The lowest BCUT2D eigenvalue weighted by Crippen LogP contribution is -2.41. The molecule has 2 N–H and O–H groups in total. The van der Waals surface area contributed by atoms with E-state index in [-0.39, 0.29) is 24.6 Å². The molecule has 6 heteroatoms. The minimum absolute atomic E-state index is 0. The summed E-state index contributed by atoms with van der Waals surface area (Å²) in [5, 5.41) is 0. The van der Waals surface area contributed by atoms with Crippen LogP contribution in [0.3, 0.4) is 0 Å². The highest BCUT2D eigenvalue weighted by Gasteiger charge is 2.31. The van der Waals surface area contributed by atoms with E-state index in [1.807, 2.05) is 60.7 Å². The lowest BCUT2D eigenvalue weighted by molar-refractivity contribution is 0.0949. The van der Waals surface area contributed by atoms with Gasteiger partial charge in [-0.25, -0.2) is 0 Å². The van der Waals surface area contributed by atoms with Crippen LogP contribution in [0, 0.1) is 0 Å². The monoisotopic (exact) mass is 441 g/mol. The van der Waals surface area contributed by atoms with Crippen molar-refractivity contribution in [3.05, 3.63) is 89.5 Å². The van der Waals surface area contributed by atoms with E-state index in [2.05, 4.69) is 0 Å². The standard InChI is InChI=1S/C25H27NO4.ClH/c1-28-22-14-19(15-23(29-2)24(22)30-3)21(27)17-25(26,20-12-8-5-9-13-20)16-18-10-6-4-7-11-18;/h4-15H,16-17,26H2,1-3H3;1H. The number of Topliss-reactive ketones (excluding diaryl/α,β-unsaturated/α-hetero) is 1. The molecule has 0 aromatic heterocycles. The molecule has 0 bridgehead atoms. The van der Waals surface area contributed by atoms with Gasteiger partial charge in [-0.1, -0.05) is 60.7 Å². The predicted octanol–water partition coefficient (Wildman–Crippen LogP) is 4.80. The Balaban J connectivity index is 0.00000341. The summed E-state index contributed by atoms with van der Waals surface area (Å²) in [5.41, 5.74) is 8.46. The van der Waals surface area contributed by atoms with E-state index in [0.717, 1.165) is 11.1 Å². The first-order chi connectivity index (χ1) is 14.5. The molecule has 0 heterocycles. The van der Waals surface area contributed by atoms with Crippen LogP contribution in [-0.2, 0) is 12.0 Å². The molecular weight excluding hydrogens is 414 g/mol. The van der Waals surface area contributed by atoms with E-state index in [4.69, 9.17) is 19.9 Å². The van der Waals surface area contributed by atoms with E-state index >= 15 is 0 Å². The fourth-order valence-corrected chi connectivity index (χ4v) is 3.63. The molecule has 5 nitrogen and oxygen atoms in total. The molecule has 3 rings (SSSR count). The summed E-state index contributed by atoms with van der Waals surface area (Å²) in [4.78, 5) is 13.3. The van der Waals surface area contributed by atoms with Crippen molar-refractivity contribution in [1.82, 2.24) is 0 Å². The first-order valence-corrected chi connectivity index (χ1v) is 9.72. The Morgan fingerprint density at radius 1 is 0.839 bits per heavy atom. The van der Waals surface area contributed by atoms with Crippen molar-refractivity contribution < 1.29 is 19.0 Å². The van der Waals surface area contributed by atoms with Crippen LogP contribution in [0.4, 0.5) is 0 Å². The molecule has 0 saturated heterocycles. The van der Waals surface area contributed by atoms with Gasteiger partial charge in [-0.05, 0) is 29.7 Å². The molecule has 3 aromatic rings. The van der Waals surface area contributed by atoms with E-state index in [1.54, 1.807) is 12.1 Å². The van der Waals surface area contributed by atoms with Gasteiger partial charge in [0, 0.05) is 12.0 Å². The molecule has 0 aliphatic rings. The Kier molecular flexibility index (Phi) is 8.48. The van der Waals surface area contributed by atoms with Crippen LogP contribution < -0.4 is 19.9 Å². The van der Waals surface area contributed by atoms with Crippen molar-refractivity contribution in [3.8, 4) is 17.2 Å². The van der Waals surface area contributed by atoms with Gasteiger partial charge >= 0.3 is 0 Å². The zero-order valence-electron chi connectivity index (χ0n) is 18.0. The zero-order chi connectivity index (χ0) is 21.6. The van der Waals surface area contributed by atoms with E-state index in [0.29, 0.717) is 29.2 Å². The summed E-state index contributed by atoms with van der Waals surface area (Å²) in [7, 11) is 4.58. The van der Waals surface area contributed by atoms with Gasteiger partial charge in [0.15, 0.2) is 17.3 Å². The van der Waals surface area contributed by atoms with Gasteiger partial charge in [-0.15, -0.1) is 12.4 Å². The van der Waals surface area contributed by atoms with Gasteiger partial charge in [0.25, 0.3) is 0 Å². The first-order valence-electron chi connectivity index (χ1n) is 9.72. The van der Waals surface area contributed by atoms with Crippen LogP contribution >= 0.6 is 12.4 Å². The van der Waals surface area contributed by atoms with Crippen LogP contribution in [0.5, 0.6) is 17.2 Å². The largest absolute Gasteiger partial charge is 0.493 e. The van der Waals surface area contributed by atoms with Crippen molar-refractivity contribution in [2.45, 2.75) is 18.4 Å². The highest BCUT2D eigenvalue weighted by Crippen LogP contribution is 2.39. The Morgan fingerprint density at radius 2 is 1.35 bits per heavy atom. The molecule has 1 atom stereocenters. The number of rotatable bonds is 9. The Hall–Kier alpha value is -3.02. The number of hydrogen-bond acceptors (Lipinski definition) is 5. The summed E-state index contributed by atoms with van der Waals surface area (Å²) in [6.45, 7) is 0. The summed E-state index contributed by atoms with van der Waals surface area (Å²) >= 11 is 0. The maximum Gasteiger partial charge on any atom is 0.203 e. The van der Waals surface area contributed by atoms with Crippen LogP contribution in [0.25, 0.3) is 0 Å². The van der Waals surface area contributed by atoms with E-state index in [1.165, 1.54) is 21.3 Å². The van der Waals surface area contributed by atoms with Gasteiger partial charge in [-0.2, -0.15) is 0 Å². The molecule has 0 fully saturated rings. The van der Waals surface area contributed by atoms with Crippen molar-refractivity contribution in [1.29, 1.82) is 0 Å². The fourth-order valence-electron chi connectivity index (χ4n) is 3.63. The van der Waals surface area contributed by atoms with Crippen molar-refractivity contribution in [3.63, 3.8) is 0 Å². The van der Waals surface area contributed by atoms with Crippen LogP contribution in [-0.4, -0.2) is 27.1 Å². The van der Waals surface area contributed by atoms with Gasteiger partial charge in [0.1, 0.15) is 0 Å². The van der Waals surface area contributed by atoms with Gasteiger partial charge in [0.05, 0.1) is 26.9 Å². The van der Waals surface area contributed by atoms with Crippen LogP contribution in [0.15, 0.2) is 72.8 Å². The minimum Gasteiger partial charge on any atom is -0.493 e. The SMILES string of the molecule is COc1cc(C(=O)CC(N)(Cc2ccccc2)c2ccccc2)cc(OC)c1OC.Cl. The summed E-state index contributed by atoms with van der Waals surface area (Å²) in [6, 6.07) is 23.0. The Labute approximate surface area is 189 Å². The number of ether oxygens (including phenoxy) is 3. The lowest BCUT2D eigenvalue weighted by Gasteiger charge is -2.30. The molecule has 0 amide bonds. The third-order valence-electron chi connectivity index (χ3n) is 5.17. The van der Waals surface area contributed by atoms with E-state index in [9.17, 15) is 4.79 Å². The number of hydrogen-bond donors (Lipinski definition) is 1. The van der Waals surface area contributed by atoms with Crippen LogP contribution in [0.2, 0.25) is 0 Å². The topological polar surface area (TPSA) is 70.8 Å². The second-order valence-electron chi connectivity index (χ2n) is 7.20. The third kappa shape index (κ3) is 5.57. The molecule has 1 unspecified atom stereocenters. The van der Waals surface area contributed by atoms with Crippen molar-refractivity contribution >= 4 is 18.2 Å². The number of ketones is 1. The Bertz CT molecular complexity index is 970. The zero-order valence-corrected chi connectivity index (χ0v) is 18.8. The number of benzene rings is 3. The fraction of sp³-hybridized carbons (Fsp3) is 0.240. The van der Waals surface area contributed by atoms with Crippen LogP contribution in [0.1, 0.15) is 27.9 Å². The highest BCUT2D eigenvalue weighted by molar-refractivity contribution is 5.98. The molecule has 0 saturated carbocycles. The second kappa shape index (κ2) is 10.8. The first kappa shape index (κ1) is 24.3. The lowest BCUT2D eigenvalue weighted by atomic mass is 9.79. The molecule has 0 radical (unpaired) electrons. The summed E-state index contributed by atoms with van der Waals surface area (Å²) in [5.74, 6) is 1.22. The van der Waals surface area contributed by atoms with Crippen molar-refractivity contribution in [2.24, 2.45) is 5.73 Å². The maximum absolute atomic E-state index is 13.3. The molecule has 0 spiro atoms. The summed E-state index contributed by atoms with van der Waals surface area (Å²) in [6.07, 6.45) is 0.665. The summed E-state index contributed by atoms with van der Waals surface area (Å²) < 4.78 is 16.1. The van der Waals surface area contributed by atoms with Gasteiger partial charge in [-0.3, -0.25) is 4.79 Å². The molecule has 3 aromatic carbocycles. The third-order valence-corrected chi connectivity index (χ3v) is 5.17. The number of halogens is 1. The van der Waals surface area contributed by atoms with Gasteiger partial charge < -0.3 is 19.9 Å². The molecule has 164 valence electrons. The minimum atomic E-state index is -0.861. The molecule has 31 heavy (non-hydrogen) atoms. The van der Waals surface area contributed by atoms with Crippen molar-refractivity contribution in [2.75, 3.05) is 21.3 Å². The molecular formula is C25H28ClNO4. The van der Waals surface area contributed by atoms with Gasteiger partial charge in [0.2, 0.25) is 5.75 Å². The number of carbonyl (C=O) groups is 1. The Morgan fingerprint density at radius 3 is 1.84 bits per heavy atom. The van der Waals surface area contributed by atoms with E-state index < -0.39 is 5.54 Å². The smallest absolute Gasteiger partial charge is 0.203 e. The molecule has 0 aliphatic heterocycles.